The predicted molar refractivity (Wildman–Crippen MR) is 73.5 cm³/mol. The molecule has 0 aliphatic carbocycles. The van der Waals surface area contributed by atoms with Gasteiger partial charge >= 0.3 is 11.8 Å². The van der Waals surface area contributed by atoms with E-state index < -0.39 is 11.8 Å². The molecule has 0 fully saturated rings. The largest absolute Gasteiger partial charge is 0.348 e. The molecule has 0 aliphatic heterocycles. The highest BCUT2D eigenvalue weighted by atomic mass is 16.2. The standard InChI is InChI=1S/C14H21N3O2/c1-2-3-5-10-16-13(18)14(19)17-11-8-12-7-4-6-9-15-12/h4,6-7,9H,2-3,5,8,10-11H2,1H3,(H,16,18)(H,17,19). The van der Waals surface area contributed by atoms with E-state index in [0.29, 0.717) is 19.5 Å². The van der Waals surface area contributed by atoms with Crippen molar-refractivity contribution in [3.8, 4) is 0 Å². The molecule has 5 heteroatoms. The van der Waals surface area contributed by atoms with Gasteiger partial charge in [-0.2, -0.15) is 0 Å². The summed E-state index contributed by atoms with van der Waals surface area (Å²) in [5, 5.41) is 5.18. The molecule has 1 rings (SSSR count). The van der Waals surface area contributed by atoms with Crippen LogP contribution in [-0.2, 0) is 16.0 Å². The Hall–Kier alpha value is -1.91. The van der Waals surface area contributed by atoms with Gasteiger partial charge in [0, 0.05) is 31.4 Å². The van der Waals surface area contributed by atoms with E-state index in [1.807, 2.05) is 18.2 Å². The summed E-state index contributed by atoms with van der Waals surface area (Å²) in [5.41, 5.74) is 0.895. The smallest absolute Gasteiger partial charge is 0.309 e. The van der Waals surface area contributed by atoms with E-state index in [1.54, 1.807) is 6.20 Å². The SMILES string of the molecule is CCCCCNC(=O)C(=O)NCCc1ccccn1. The normalized spacial score (nSPS) is 9.95. The Morgan fingerprint density at radius 1 is 1.11 bits per heavy atom. The van der Waals surface area contributed by atoms with Gasteiger partial charge in [0.15, 0.2) is 0 Å². The van der Waals surface area contributed by atoms with Crippen molar-refractivity contribution in [1.82, 2.24) is 15.6 Å². The zero-order valence-corrected chi connectivity index (χ0v) is 11.3. The van der Waals surface area contributed by atoms with E-state index in [4.69, 9.17) is 0 Å². The summed E-state index contributed by atoms with van der Waals surface area (Å²) in [6.07, 6.45) is 5.38. The molecule has 0 radical (unpaired) electrons. The summed E-state index contributed by atoms with van der Waals surface area (Å²) < 4.78 is 0. The number of nitrogens with zero attached hydrogens (tertiary/aromatic N) is 1. The van der Waals surface area contributed by atoms with Crippen LogP contribution in [0.1, 0.15) is 31.9 Å². The Kier molecular flexibility index (Phi) is 7.24. The van der Waals surface area contributed by atoms with Gasteiger partial charge in [0.05, 0.1) is 0 Å². The lowest BCUT2D eigenvalue weighted by Crippen LogP contribution is -2.41. The highest BCUT2D eigenvalue weighted by molar-refractivity contribution is 6.35. The van der Waals surface area contributed by atoms with Gasteiger partial charge in [0.25, 0.3) is 0 Å². The van der Waals surface area contributed by atoms with Crippen molar-refractivity contribution in [1.29, 1.82) is 0 Å². The average molecular weight is 263 g/mol. The molecule has 5 nitrogen and oxygen atoms in total. The van der Waals surface area contributed by atoms with Crippen LogP contribution in [0.25, 0.3) is 0 Å². The lowest BCUT2D eigenvalue weighted by atomic mass is 10.2. The van der Waals surface area contributed by atoms with Crippen LogP contribution in [0, 0.1) is 0 Å². The van der Waals surface area contributed by atoms with Gasteiger partial charge in [-0.15, -0.1) is 0 Å². The van der Waals surface area contributed by atoms with Crippen molar-refractivity contribution in [2.75, 3.05) is 13.1 Å². The number of hydrogen-bond donors (Lipinski definition) is 2. The van der Waals surface area contributed by atoms with E-state index in [-0.39, 0.29) is 0 Å². The van der Waals surface area contributed by atoms with E-state index >= 15 is 0 Å². The summed E-state index contributed by atoms with van der Waals surface area (Å²) in [4.78, 5) is 27.0. The second-order valence-electron chi connectivity index (χ2n) is 4.29. The Morgan fingerprint density at radius 3 is 2.47 bits per heavy atom. The summed E-state index contributed by atoms with van der Waals surface area (Å²) in [6, 6.07) is 5.62. The number of amides is 2. The molecule has 1 aromatic rings. The number of hydrogen-bond acceptors (Lipinski definition) is 3. The molecule has 104 valence electrons. The number of pyridine rings is 1. The summed E-state index contributed by atoms with van der Waals surface area (Å²) in [5.74, 6) is -1.13. The van der Waals surface area contributed by atoms with Crippen LogP contribution in [0.5, 0.6) is 0 Å². The van der Waals surface area contributed by atoms with Crippen molar-refractivity contribution < 1.29 is 9.59 Å². The van der Waals surface area contributed by atoms with Crippen molar-refractivity contribution in [2.24, 2.45) is 0 Å². The highest BCUT2D eigenvalue weighted by Gasteiger charge is 2.11. The van der Waals surface area contributed by atoms with Gasteiger partial charge in [-0.3, -0.25) is 14.6 Å². The van der Waals surface area contributed by atoms with Gasteiger partial charge in [0.1, 0.15) is 0 Å². The first-order valence-electron chi connectivity index (χ1n) is 6.70. The number of carbonyl (C=O) groups is 2. The van der Waals surface area contributed by atoms with E-state index in [9.17, 15) is 9.59 Å². The van der Waals surface area contributed by atoms with Crippen molar-refractivity contribution in [2.45, 2.75) is 32.6 Å². The maximum atomic E-state index is 11.5. The second kappa shape index (κ2) is 9.08. The summed E-state index contributed by atoms with van der Waals surface area (Å²) >= 11 is 0. The quantitative estimate of drug-likeness (QED) is 0.570. The van der Waals surface area contributed by atoms with Crippen LogP contribution in [-0.4, -0.2) is 29.9 Å². The zero-order chi connectivity index (χ0) is 13.9. The Bertz CT molecular complexity index is 393. The molecular weight excluding hydrogens is 242 g/mol. The van der Waals surface area contributed by atoms with Crippen LogP contribution in [0.3, 0.4) is 0 Å². The van der Waals surface area contributed by atoms with Gasteiger partial charge in [0.2, 0.25) is 0 Å². The molecule has 19 heavy (non-hydrogen) atoms. The highest BCUT2D eigenvalue weighted by Crippen LogP contribution is 1.93. The third-order valence-electron chi connectivity index (χ3n) is 2.66. The average Bonchev–Trinajstić information content (AvgIpc) is 2.44. The fourth-order valence-corrected chi connectivity index (χ4v) is 1.59. The first kappa shape index (κ1) is 15.1. The minimum Gasteiger partial charge on any atom is -0.348 e. The topological polar surface area (TPSA) is 71.1 Å². The molecular formula is C14H21N3O2. The molecule has 2 amide bonds. The van der Waals surface area contributed by atoms with E-state index in [2.05, 4.69) is 22.5 Å². The maximum absolute atomic E-state index is 11.5. The molecule has 0 atom stereocenters. The molecule has 0 aliphatic rings. The predicted octanol–water partition coefficient (Wildman–Crippen LogP) is 1.05. The number of rotatable bonds is 7. The Labute approximate surface area is 113 Å². The fraction of sp³-hybridized carbons (Fsp3) is 0.500. The second-order valence-corrected chi connectivity index (χ2v) is 4.29. The number of carbonyl (C=O) groups excluding carboxylic acids is 2. The number of nitrogens with one attached hydrogen (secondary N) is 2. The molecule has 0 aromatic carbocycles. The molecule has 0 spiro atoms. The Morgan fingerprint density at radius 2 is 1.84 bits per heavy atom. The van der Waals surface area contributed by atoms with E-state index in [1.165, 1.54) is 0 Å². The third-order valence-corrected chi connectivity index (χ3v) is 2.66. The third kappa shape index (κ3) is 6.55. The molecule has 0 unspecified atom stereocenters. The maximum Gasteiger partial charge on any atom is 0.309 e. The minimum atomic E-state index is -0.576. The Balaban J connectivity index is 2.14. The first-order valence-corrected chi connectivity index (χ1v) is 6.70. The van der Waals surface area contributed by atoms with Crippen LogP contribution in [0.2, 0.25) is 0 Å². The molecule has 0 bridgehead atoms. The first-order chi connectivity index (χ1) is 9.24. The van der Waals surface area contributed by atoms with Gasteiger partial charge in [-0.1, -0.05) is 25.8 Å². The van der Waals surface area contributed by atoms with Crippen LogP contribution in [0.15, 0.2) is 24.4 Å². The minimum absolute atomic E-state index is 0.415. The molecule has 0 saturated heterocycles. The molecule has 1 aromatic heterocycles. The van der Waals surface area contributed by atoms with Crippen molar-refractivity contribution in [3.63, 3.8) is 0 Å². The van der Waals surface area contributed by atoms with E-state index in [0.717, 1.165) is 25.0 Å². The zero-order valence-electron chi connectivity index (χ0n) is 11.3. The van der Waals surface area contributed by atoms with Crippen molar-refractivity contribution in [3.05, 3.63) is 30.1 Å². The monoisotopic (exact) mass is 263 g/mol. The number of unbranched alkanes of at least 4 members (excludes halogenated alkanes) is 2. The van der Waals surface area contributed by atoms with Gasteiger partial charge in [-0.05, 0) is 18.6 Å². The van der Waals surface area contributed by atoms with Crippen LogP contribution >= 0.6 is 0 Å². The van der Waals surface area contributed by atoms with Gasteiger partial charge < -0.3 is 10.6 Å². The lowest BCUT2D eigenvalue weighted by molar-refractivity contribution is -0.139. The molecule has 1 heterocycles. The summed E-state index contributed by atoms with van der Waals surface area (Å²) in [7, 11) is 0. The number of aromatic nitrogens is 1. The fourth-order valence-electron chi connectivity index (χ4n) is 1.59. The lowest BCUT2D eigenvalue weighted by Gasteiger charge is -2.06. The molecule has 2 N–H and O–H groups in total. The molecule has 0 saturated carbocycles. The van der Waals surface area contributed by atoms with Crippen LogP contribution in [0.4, 0.5) is 0 Å². The van der Waals surface area contributed by atoms with Crippen LogP contribution < -0.4 is 10.6 Å². The summed E-state index contributed by atoms with van der Waals surface area (Å²) in [6.45, 7) is 3.06. The van der Waals surface area contributed by atoms with Crippen molar-refractivity contribution >= 4 is 11.8 Å². The van der Waals surface area contributed by atoms with Gasteiger partial charge in [-0.25, -0.2) is 0 Å².